The summed E-state index contributed by atoms with van der Waals surface area (Å²) in [4.78, 5) is 13.7. The van der Waals surface area contributed by atoms with Crippen LogP contribution < -0.4 is 16.0 Å². The second-order valence-corrected chi connectivity index (χ2v) is 6.76. The van der Waals surface area contributed by atoms with Crippen LogP contribution in [0.2, 0.25) is 0 Å². The molecule has 2 aromatic rings. The molecule has 1 aromatic carbocycles. The average molecular weight is 354 g/mol. The Bertz CT molecular complexity index is 627. The molecule has 2 rings (SSSR count). The number of carbonyl (C=O) groups is 1. The fourth-order valence-corrected chi connectivity index (χ4v) is 3.15. The third-order valence-corrected chi connectivity index (χ3v) is 4.53. The molecule has 3 N–H and O–H groups in total. The van der Waals surface area contributed by atoms with Gasteiger partial charge in [0, 0.05) is 26.2 Å². The third-order valence-electron chi connectivity index (χ3n) is 2.97. The van der Waals surface area contributed by atoms with Crippen LogP contribution in [0.5, 0.6) is 0 Å². The van der Waals surface area contributed by atoms with Gasteiger partial charge in [-0.2, -0.15) is 0 Å². The normalized spacial score (nSPS) is 10.3. The Hall–Kier alpha value is -1.53. The highest BCUT2D eigenvalue weighted by molar-refractivity contribution is 9.11. The van der Waals surface area contributed by atoms with Crippen LogP contribution in [0.15, 0.2) is 33.4 Å². The molecule has 0 aliphatic heterocycles. The van der Waals surface area contributed by atoms with Gasteiger partial charge in [-0.1, -0.05) is 0 Å². The molecule has 106 valence electrons. The highest BCUT2D eigenvalue weighted by Crippen LogP contribution is 2.27. The average Bonchev–Trinajstić information content (AvgIpc) is 2.83. The van der Waals surface area contributed by atoms with Gasteiger partial charge in [-0.05, 0) is 51.1 Å². The van der Waals surface area contributed by atoms with E-state index in [-0.39, 0.29) is 5.91 Å². The van der Waals surface area contributed by atoms with Crippen LogP contribution in [0.1, 0.15) is 15.9 Å². The highest BCUT2D eigenvalue weighted by atomic mass is 79.9. The van der Waals surface area contributed by atoms with Gasteiger partial charge in [-0.3, -0.25) is 4.79 Å². The Labute approximate surface area is 130 Å². The number of halogens is 1. The van der Waals surface area contributed by atoms with Gasteiger partial charge in [0.25, 0.3) is 5.91 Å². The monoisotopic (exact) mass is 353 g/mol. The summed E-state index contributed by atoms with van der Waals surface area (Å²) in [5, 5.41) is 4.71. The summed E-state index contributed by atoms with van der Waals surface area (Å²) < 4.78 is 1.10. The van der Waals surface area contributed by atoms with Gasteiger partial charge in [0.1, 0.15) is 0 Å². The number of amides is 1. The Balaban J connectivity index is 2.24. The van der Waals surface area contributed by atoms with Crippen molar-refractivity contribution >= 4 is 44.5 Å². The predicted molar refractivity (Wildman–Crippen MR) is 88.4 cm³/mol. The second-order valence-electron chi connectivity index (χ2n) is 4.47. The molecule has 20 heavy (non-hydrogen) atoms. The first-order valence-electron chi connectivity index (χ1n) is 6.07. The van der Waals surface area contributed by atoms with E-state index in [1.807, 2.05) is 18.0 Å². The number of carbonyl (C=O) groups excluding carboxylic acids is 1. The molecule has 0 saturated heterocycles. The van der Waals surface area contributed by atoms with Crippen molar-refractivity contribution < 1.29 is 4.79 Å². The predicted octanol–water partition coefficient (Wildman–Crippen LogP) is 3.09. The largest absolute Gasteiger partial charge is 0.397 e. The van der Waals surface area contributed by atoms with E-state index in [1.54, 1.807) is 30.5 Å². The number of thiophene rings is 1. The lowest BCUT2D eigenvalue weighted by atomic mass is 10.1. The van der Waals surface area contributed by atoms with Crippen molar-refractivity contribution in [3.05, 3.63) is 44.6 Å². The molecule has 0 radical (unpaired) electrons. The molecule has 0 unspecified atom stereocenters. The number of anilines is 2. The zero-order valence-electron chi connectivity index (χ0n) is 11.3. The van der Waals surface area contributed by atoms with Gasteiger partial charge in [0.15, 0.2) is 0 Å². The summed E-state index contributed by atoms with van der Waals surface area (Å²) in [6.07, 6.45) is 0. The number of benzene rings is 1. The van der Waals surface area contributed by atoms with E-state index in [1.165, 1.54) is 5.56 Å². The molecule has 0 aliphatic rings. The Kier molecular flexibility index (Phi) is 4.67. The summed E-state index contributed by atoms with van der Waals surface area (Å²) in [6.45, 7) is 0.740. The van der Waals surface area contributed by atoms with Gasteiger partial charge >= 0.3 is 0 Å². The van der Waals surface area contributed by atoms with Crippen molar-refractivity contribution in [2.45, 2.75) is 6.54 Å². The maximum atomic E-state index is 11.7. The molecule has 4 nitrogen and oxygen atoms in total. The van der Waals surface area contributed by atoms with Crippen LogP contribution in [-0.2, 0) is 6.54 Å². The highest BCUT2D eigenvalue weighted by Gasteiger charge is 2.11. The van der Waals surface area contributed by atoms with Crippen molar-refractivity contribution in [1.29, 1.82) is 0 Å². The first-order chi connectivity index (χ1) is 9.51. The van der Waals surface area contributed by atoms with Crippen molar-refractivity contribution in [3.8, 4) is 0 Å². The van der Waals surface area contributed by atoms with Gasteiger partial charge in [-0.15, -0.1) is 11.3 Å². The maximum absolute atomic E-state index is 11.7. The fraction of sp³-hybridized carbons (Fsp3) is 0.214. The SMILES string of the molecule is CNC(=O)c1ccc(N)c(N(C)Cc2csc(Br)c2)c1. The minimum Gasteiger partial charge on any atom is -0.397 e. The second kappa shape index (κ2) is 6.28. The molecule has 0 atom stereocenters. The quantitative estimate of drug-likeness (QED) is 0.830. The number of nitrogens with zero attached hydrogens (tertiary/aromatic N) is 1. The zero-order valence-corrected chi connectivity index (χ0v) is 13.7. The molecule has 0 spiro atoms. The topological polar surface area (TPSA) is 58.4 Å². The van der Waals surface area contributed by atoms with Gasteiger partial charge in [-0.25, -0.2) is 0 Å². The minimum atomic E-state index is -0.113. The fourth-order valence-electron chi connectivity index (χ4n) is 1.95. The standard InChI is InChI=1S/C14H16BrN3OS/c1-17-14(19)10-3-4-11(16)12(6-10)18(2)7-9-5-13(15)20-8-9/h3-6,8H,7,16H2,1-2H3,(H,17,19). The molecule has 0 aliphatic carbocycles. The lowest BCUT2D eigenvalue weighted by Crippen LogP contribution is -2.21. The van der Waals surface area contributed by atoms with Gasteiger partial charge in [0.2, 0.25) is 0 Å². The lowest BCUT2D eigenvalue weighted by Gasteiger charge is -2.21. The van der Waals surface area contributed by atoms with Gasteiger partial charge < -0.3 is 16.0 Å². The zero-order chi connectivity index (χ0) is 14.7. The van der Waals surface area contributed by atoms with Crippen LogP contribution in [0.4, 0.5) is 11.4 Å². The third kappa shape index (κ3) is 3.32. The molecule has 1 heterocycles. The molecule has 0 saturated carbocycles. The number of nitrogens with one attached hydrogen (secondary N) is 1. The van der Waals surface area contributed by atoms with Crippen LogP contribution in [-0.4, -0.2) is 20.0 Å². The van der Waals surface area contributed by atoms with E-state index in [2.05, 4.69) is 32.7 Å². The van der Waals surface area contributed by atoms with Crippen molar-refractivity contribution in [2.24, 2.45) is 0 Å². The molecule has 1 amide bonds. The van der Waals surface area contributed by atoms with Gasteiger partial charge in [0.05, 0.1) is 15.2 Å². The Morgan fingerprint density at radius 1 is 1.45 bits per heavy atom. The number of nitrogens with two attached hydrogens (primary N) is 1. The van der Waals surface area contributed by atoms with Crippen LogP contribution in [0.3, 0.4) is 0 Å². The van der Waals surface area contributed by atoms with Crippen LogP contribution in [0, 0.1) is 0 Å². The van der Waals surface area contributed by atoms with E-state index in [4.69, 9.17) is 5.73 Å². The van der Waals surface area contributed by atoms with Crippen LogP contribution in [0.25, 0.3) is 0 Å². The number of rotatable bonds is 4. The molecule has 0 bridgehead atoms. The van der Waals surface area contributed by atoms with Crippen LogP contribution >= 0.6 is 27.3 Å². The van der Waals surface area contributed by atoms with E-state index in [0.717, 1.165) is 16.0 Å². The van der Waals surface area contributed by atoms with E-state index in [9.17, 15) is 4.79 Å². The van der Waals surface area contributed by atoms with Crippen molar-refractivity contribution in [3.63, 3.8) is 0 Å². The summed E-state index contributed by atoms with van der Waals surface area (Å²) in [5.41, 5.74) is 9.34. The molecular weight excluding hydrogens is 338 g/mol. The first-order valence-corrected chi connectivity index (χ1v) is 7.74. The van der Waals surface area contributed by atoms with E-state index >= 15 is 0 Å². The maximum Gasteiger partial charge on any atom is 0.251 e. The molecule has 1 aromatic heterocycles. The van der Waals surface area contributed by atoms with Crippen molar-refractivity contribution in [1.82, 2.24) is 5.32 Å². The smallest absolute Gasteiger partial charge is 0.251 e. The number of hydrogen-bond donors (Lipinski definition) is 2. The molecular formula is C14H16BrN3OS. The number of hydrogen-bond acceptors (Lipinski definition) is 4. The summed E-state index contributed by atoms with van der Waals surface area (Å²) in [7, 11) is 3.58. The lowest BCUT2D eigenvalue weighted by molar-refractivity contribution is 0.0963. The summed E-state index contributed by atoms with van der Waals surface area (Å²) in [5.74, 6) is -0.113. The Morgan fingerprint density at radius 2 is 2.20 bits per heavy atom. The molecule has 6 heteroatoms. The molecule has 0 fully saturated rings. The van der Waals surface area contributed by atoms with E-state index in [0.29, 0.717) is 11.3 Å². The number of nitrogen functional groups attached to an aromatic ring is 1. The van der Waals surface area contributed by atoms with E-state index < -0.39 is 0 Å². The summed E-state index contributed by atoms with van der Waals surface area (Å²) >= 11 is 5.11. The van der Waals surface area contributed by atoms with Crippen molar-refractivity contribution in [2.75, 3.05) is 24.7 Å². The minimum absolute atomic E-state index is 0.113. The Morgan fingerprint density at radius 3 is 2.80 bits per heavy atom. The first kappa shape index (κ1) is 14.9. The summed E-state index contributed by atoms with van der Waals surface area (Å²) in [6, 6.07) is 7.39.